The van der Waals surface area contributed by atoms with E-state index in [1.807, 2.05) is 0 Å². The van der Waals surface area contributed by atoms with Gasteiger partial charge in [0.2, 0.25) is 6.10 Å². The molecule has 0 saturated carbocycles. The quantitative estimate of drug-likeness (QED) is 0.337. The van der Waals surface area contributed by atoms with Crippen LogP contribution in [0.25, 0.3) is 6.08 Å². The van der Waals surface area contributed by atoms with Crippen LogP contribution in [0, 0.1) is 0 Å². The summed E-state index contributed by atoms with van der Waals surface area (Å²) in [6.45, 7) is 0. The lowest BCUT2D eigenvalue weighted by atomic mass is 10.0. The zero-order chi connectivity index (χ0) is 23.7. The Morgan fingerprint density at radius 1 is 1.16 bits per heavy atom. The summed E-state index contributed by atoms with van der Waals surface area (Å²) in [5, 5.41) is 0. The van der Waals surface area contributed by atoms with Gasteiger partial charge in [0.25, 0.3) is 10.1 Å². The Balaban J connectivity index is 1.85. The van der Waals surface area contributed by atoms with Crippen molar-refractivity contribution in [1.82, 2.24) is 0 Å². The van der Waals surface area contributed by atoms with Gasteiger partial charge in [-0.1, -0.05) is 52.3 Å². The maximum Gasteiger partial charge on any atom is 0.426 e. The van der Waals surface area contributed by atoms with E-state index in [2.05, 4.69) is 20.7 Å². The molecule has 2 unspecified atom stereocenters. The van der Waals surface area contributed by atoms with Gasteiger partial charge in [0, 0.05) is 4.47 Å². The van der Waals surface area contributed by atoms with Gasteiger partial charge in [-0.15, -0.1) is 0 Å². The molecule has 0 saturated heterocycles. The molecule has 0 aliphatic heterocycles. The minimum Gasteiger partial charge on any atom is -0.448 e. The number of fused-ring (bicyclic) bond motifs is 1. The summed E-state index contributed by atoms with van der Waals surface area (Å²) >= 11 is 3.12. The number of carbonyl (C=O) groups excluding carboxylic acids is 2. The van der Waals surface area contributed by atoms with Crippen LogP contribution in [-0.2, 0) is 19.6 Å². The lowest BCUT2D eigenvalue weighted by molar-refractivity contribution is -0.197. The molecule has 1 N–H and O–H groups in total. The summed E-state index contributed by atoms with van der Waals surface area (Å²) < 4.78 is 79.7. The third kappa shape index (κ3) is 5.75. The number of alkyl halides is 3. The Labute approximate surface area is 188 Å². The van der Waals surface area contributed by atoms with E-state index in [9.17, 15) is 31.2 Å². The monoisotopic (exact) mass is 534 g/mol. The van der Waals surface area contributed by atoms with E-state index in [0.29, 0.717) is 10.0 Å². The lowest BCUT2D eigenvalue weighted by Gasteiger charge is -2.20. The van der Waals surface area contributed by atoms with Crippen molar-refractivity contribution in [3.8, 4) is 5.75 Å². The number of rotatable bonds is 6. The predicted octanol–water partition coefficient (Wildman–Crippen LogP) is 4.14. The molecule has 0 amide bonds. The molecule has 0 bridgehead atoms. The molecule has 2 atom stereocenters. The Hall–Kier alpha value is -2.70. The van der Waals surface area contributed by atoms with Gasteiger partial charge in [0.05, 0.1) is 0 Å². The van der Waals surface area contributed by atoms with E-state index < -0.39 is 51.6 Å². The standard InChI is InChI=1S/C20H14BrF3O7S/c21-12-6-8-15(19(26)31-17(20(22,23)24)10-32(27,28)29)16(9-12)30-18(25)14-7-5-11-3-1-2-4-13(11)14/h1-9,14,17H,10H2,(H,27,28,29). The summed E-state index contributed by atoms with van der Waals surface area (Å²) in [6.07, 6.45) is -5.10. The number of ether oxygens (including phenoxy) is 2. The first-order chi connectivity index (χ1) is 14.8. The molecule has 0 radical (unpaired) electrons. The van der Waals surface area contributed by atoms with Crippen LogP contribution in [0.2, 0.25) is 0 Å². The summed E-state index contributed by atoms with van der Waals surface area (Å²) in [5.41, 5.74) is 0.907. The van der Waals surface area contributed by atoms with Gasteiger partial charge in [-0.05, 0) is 29.3 Å². The normalized spacial score (nSPS) is 16.3. The molecule has 0 fully saturated rings. The molecule has 0 spiro atoms. The van der Waals surface area contributed by atoms with Gasteiger partial charge in [-0.2, -0.15) is 21.6 Å². The summed E-state index contributed by atoms with van der Waals surface area (Å²) in [5.74, 6) is -5.44. The van der Waals surface area contributed by atoms with Crippen molar-refractivity contribution in [2.24, 2.45) is 0 Å². The van der Waals surface area contributed by atoms with E-state index in [-0.39, 0.29) is 5.75 Å². The van der Waals surface area contributed by atoms with Crippen LogP contribution in [0.1, 0.15) is 27.4 Å². The van der Waals surface area contributed by atoms with Gasteiger partial charge in [-0.3, -0.25) is 9.35 Å². The first kappa shape index (κ1) is 24.0. The van der Waals surface area contributed by atoms with Crippen LogP contribution < -0.4 is 4.74 Å². The van der Waals surface area contributed by atoms with Gasteiger partial charge < -0.3 is 9.47 Å². The van der Waals surface area contributed by atoms with Crippen molar-refractivity contribution in [3.05, 3.63) is 69.7 Å². The number of carbonyl (C=O) groups is 2. The van der Waals surface area contributed by atoms with Crippen molar-refractivity contribution in [1.29, 1.82) is 0 Å². The summed E-state index contributed by atoms with van der Waals surface area (Å²) in [4.78, 5) is 25.1. The van der Waals surface area contributed by atoms with Crippen molar-refractivity contribution >= 4 is 44.1 Å². The Bertz CT molecular complexity index is 1190. The lowest BCUT2D eigenvalue weighted by Crippen LogP contribution is -2.39. The van der Waals surface area contributed by atoms with Gasteiger partial charge >= 0.3 is 18.1 Å². The maximum absolute atomic E-state index is 13.1. The third-order valence-corrected chi connectivity index (χ3v) is 5.62. The highest BCUT2D eigenvalue weighted by molar-refractivity contribution is 9.10. The van der Waals surface area contributed by atoms with Crippen LogP contribution in [-0.4, -0.2) is 42.9 Å². The van der Waals surface area contributed by atoms with Crippen LogP contribution in [0.4, 0.5) is 13.2 Å². The van der Waals surface area contributed by atoms with E-state index in [0.717, 1.165) is 11.6 Å². The summed E-state index contributed by atoms with van der Waals surface area (Å²) in [7, 11) is -5.11. The Morgan fingerprint density at radius 3 is 2.50 bits per heavy atom. The van der Waals surface area contributed by atoms with E-state index >= 15 is 0 Å². The molecule has 0 aromatic heterocycles. The SMILES string of the molecule is O=C(OC(CS(=O)(=O)O)C(F)(F)F)c1ccc(Br)cc1OC(=O)C1C=Cc2ccccc21. The van der Waals surface area contributed by atoms with Crippen molar-refractivity contribution < 1.29 is 45.2 Å². The predicted molar refractivity (Wildman–Crippen MR) is 110 cm³/mol. The van der Waals surface area contributed by atoms with Crippen LogP contribution in [0.15, 0.2) is 53.0 Å². The average molecular weight is 535 g/mol. The van der Waals surface area contributed by atoms with Crippen molar-refractivity contribution in [2.75, 3.05) is 5.75 Å². The fourth-order valence-corrected chi connectivity index (χ4v) is 3.94. The van der Waals surface area contributed by atoms with Crippen molar-refractivity contribution in [3.63, 3.8) is 0 Å². The molecular formula is C20H14BrF3O7S. The number of hydrogen-bond donors (Lipinski definition) is 1. The smallest absolute Gasteiger partial charge is 0.426 e. The first-order valence-corrected chi connectivity index (χ1v) is 11.3. The molecule has 12 heteroatoms. The molecule has 2 aromatic rings. The molecule has 0 heterocycles. The zero-order valence-electron chi connectivity index (χ0n) is 15.9. The maximum atomic E-state index is 13.1. The Kier molecular flexibility index (Phi) is 6.77. The van der Waals surface area contributed by atoms with Gasteiger partial charge in [0.1, 0.15) is 23.0 Å². The molecule has 1 aliphatic carbocycles. The topological polar surface area (TPSA) is 107 Å². The van der Waals surface area contributed by atoms with Crippen LogP contribution in [0.5, 0.6) is 5.75 Å². The largest absolute Gasteiger partial charge is 0.448 e. The highest BCUT2D eigenvalue weighted by atomic mass is 79.9. The van der Waals surface area contributed by atoms with Crippen LogP contribution in [0.3, 0.4) is 0 Å². The second kappa shape index (κ2) is 9.04. The molecule has 2 aromatic carbocycles. The third-order valence-electron chi connectivity index (χ3n) is 4.40. The molecule has 1 aliphatic rings. The van der Waals surface area contributed by atoms with E-state index in [1.54, 1.807) is 36.4 Å². The number of esters is 2. The van der Waals surface area contributed by atoms with E-state index in [1.165, 1.54) is 12.1 Å². The molecule has 7 nitrogen and oxygen atoms in total. The first-order valence-electron chi connectivity index (χ1n) is 8.86. The summed E-state index contributed by atoms with van der Waals surface area (Å²) in [6, 6.07) is 10.5. The fourth-order valence-electron chi connectivity index (χ4n) is 2.96. The number of halogens is 4. The molecule has 32 heavy (non-hydrogen) atoms. The fraction of sp³-hybridized carbons (Fsp3) is 0.200. The number of benzene rings is 2. The van der Waals surface area contributed by atoms with E-state index in [4.69, 9.17) is 9.29 Å². The van der Waals surface area contributed by atoms with Crippen LogP contribution >= 0.6 is 15.9 Å². The average Bonchev–Trinajstić information content (AvgIpc) is 3.10. The molecular weight excluding hydrogens is 521 g/mol. The molecule has 3 rings (SSSR count). The number of hydrogen-bond acceptors (Lipinski definition) is 6. The van der Waals surface area contributed by atoms with Gasteiger partial charge in [0.15, 0.2) is 0 Å². The Morgan fingerprint density at radius 2 is 1.84 bits per heavy atom. The second-order valence-corrected chi connectivity index (χ2v) is 9.12. The highest BCUT2D eigenvalue weighted by Gasteiger charge is 2.46. The highest BCUT2D eigenvalue weighted by Crippen LogP contribution is 2.33. The second-order valence-electron chi connectivity index (χ2n) is 6.71. The minimum absolute atomic E-state index is 0.351. The minimum atomic E-state index is -5.27. The molecule has 170 valence electrons. The van der Waals surface area contributed by atoms with Crippen molar-refractivity contribution in [2.45, 2.75) is 18.2 Å². The zero-order valence-corrected chi connectivity index (χ0v) is 18.3. The van der Waals surface area contributed by atoms with Gasteiger partial charge in [-0.25, -0.2) is 4.79 Å².